The van der Waals surface area contributed by atoms with Crippen LogP contribution in [-0.2, 0) is 9.47 Å². The second-order valence-corrected chi connectivity index (χ2v) is 2.30. The number of aliphatic hydroxyl groups is 2. The Morgan fingerprint density at radius 1 is 1.50 bits per heavy atom. The maximum atomic E-state index is 8.38. The van der Waals surface area contributed by atoms with E-state index in [2.05, 4.69) is 0 Å². The summed E-state index contributed by atoms with van der Waals surface area (Å²) < 4.78 is 9.89. The Bertz CT molecular complexity index is 91.9. The van der Waals surface area contributed by atoms with Gasteiger partial charge in [0.25, 0.3) is 0 Å². The van der Waals surface area contributed by atoms with Crippen molar-refractivity contribution in [1.82, 2.24) is 0 Å². The summed E-state index contributed by atoms with van der Waals surface area (Å²) in [4.78, 5) is 7.14. The monoisotopic (exact) mass is 196 g/mol. The van der Waals surface area contributed by atoms with Crippen LogP contribution in [0.15, 0.2) is 0 Å². The molecule has 12 heavy (non-hydrogen) atoms. The molecule has 1 heterocycles. The molecule has 6 heteroatoms. The lowest BCUT2D eigenvalue weighted by molar-refractivity contribution is -0.0617. The van der Waals surface area contributed by atoms with E-state index in [0.29, 0.717) is 23.7 Å². The first-order valence-corrected chi connectivity index (χ1v) is 4.68. The summed E-state index contributed by atoms with van der Waals surface area (Å²) in [5, 5.41) is 16.8. The average Bonchev–Trinajstić information content (AvgIpc) is 2.85. The molecule has 0 amide bonds. The lowest BCUT2D eigenvalue weighted by Crippen LogP contribution is -2.10. The van der Waals surface area contributed by atoms with Crippen molar-refractivity contribution in [1.29, 1.82) is 0 Å². The van der Waals surface area contributed by atoms with Crippen molar-refractivity contribution in [3.05, 3.63) is 0 Å². The van der Waals surface area contributed by atoms with Gasteiger partial charge in [-0.15, -0.1) is 0 Å². The third kappa shape index (κ3) is 8.12. The first kappa shape index (κ1) is 12.0. The molecule has 1 atom stereocenters. The number of hydrogen-bond donors (Lipinski definition) is 3. The van der Waals surface area contributed by atoms with Crippen LogP contribution in [0.5, 0.6) is 0 Å². The molecule has 1 saturated heterocycles. The fourth-order valence-corrected chi connectivity index (χ4v) is 0.568. The molecule has 0 spiro atoms. The van der Waals surface area contributed by atoms with Crippen LogP contribution in [-0.4, -0.2) is 57.7 Å². The highest BCUT2D eigenvalue weighted by molar-refractivity contribution is 5.95. The van der Waals surface area contributed by atoms with Crippen molar-refractivity contribution in [2.45, 2.75) is 18.8 Å². The molecule has 1 aliphatic heterocycles. The van der Waals surface area contributed by atoms with Gasteiger partial charge in [-0.3, -0.25) is 0 Å². The Labute approximate surface area is 74.5 Å². The molecule has 3 N–H and O–H groups in total. The van der Waals surface area contributed by atoms with Gasteiger partial charge in [0, 0.05) is 6.42 Å². The van der Waals surface area contributed by atoms with Gasteiger partial charge < -0.3 is 24.5 Å². The molecule has 0 aliphatic carbocycles. The maximum Gasteiger partial charge on any atom is 0.153 e. The Morgan fingerprint density at radius 2 is 2.08 bits per heavy atom. The summed E-state index contributed by atoms with van der Waals surface area (Å²) in [5.74, 6) is 0. The highest BCUT2D eigenvalue weighted by atomic mass is 28.2. The molecular formula is C6H16O5Si. The zero-order valence-electron chi connectivity index (χ0n) is 7.14. The molecule has 0 bridgehead atoms. The normalized spacial score (nSPS) is 20.5. The predicted molar refractivity (Wildman–Crippen MR) is 45.6 cm³/mol. The van der Waals surface area contributed by atoms with E-state index in [9.17, 15) is 0 Å². The number of aliphatic hydroxyl groups excluding tert-OH is 1. The van der Waals surface area contributed by atoms with Gasteiger partial charge in [-0.2, -0.15) is 0 Å². The predicted octanol–water partition coefficient (Wildman–Crippen LogP) is -2.64. The molecule has 5 nitrogen and oxygen atoms in total. The Morgan fingerprint density at radius 3 is 2.50 bits per heavy atom. The van der Waals surface area contributed by atoms with Gasteiger partial charge in [-0.05, 0) is 0 Å². The Balaban J connectivity index is 0.000000561. The molecule has 0 aromatic carbocycles. The van der Waals surface area contributed by atoms with Crippen molar-refractivity contribution in [2.75, 3.05) is 19.8 Å². The lowest BCUT2D eigenvalue weighted by atomic mass is 10.4. The third-order valence-corrected chi connectivity index (χ3v) is 1.23. The van der Waals surface area contributed by atoms with Crippen LogP contribution >= 0.6 is 0 Å². The zero-order valence-corrected chi connectivity index (χ0v) is 9.14. The van der Waals surface area contributed by atoms with Gasteiger partial charge in [-0.25, -0.2) is 0 Å². The van der Waals surface area contributed by atoms with E-state index in [4.69, 9.17) is 24.5 Å². The molecular weight excluding hydrogens is 180 g/mol. The van der Waals surface area contributed by atoms with Crippen LogP contribution in [0.2, 0.25) is 0 Å². The second kappa shape index (κ2) is 7.65. The summed E-state index contributed by atoms with van der Waals surface area (Å²) >= 11 is 0. The van der Waals surface area contributed by atoms with Gasteiger partial charge in [0.05, 0.1) is 19.8 Å². The van der Waals surface area contributed by atoms with E-state index < -0.39 is 6.29 Å². The minimum Gasteiger partial charge on any atom is -0.442 e. The van der Waals surface area contributed by atoms with Crippen molar-refractivity contribution >= 4 is 10.5 Å². The van der Waals surface area contributed by atoms with E-state index in [-0.39, 0.29) is 12.5 Å². The summed E-state index contributed by atoms with van der Waals surface area (Å²) in [6.45, 7) is 1.74. The number of ether oxygens (including phenoxy) is 2. The van der Waals surface area contributed by atoms with E-state index in [1.54, 1.807) is 0 Å². The van der Waals surface area contributed by atoms with Gasteiger partial charge in [0.1, 0.15) is 16.6 Å². The van der Waals surface area contributed by atoms with E-state index >= 15 is 0 Å². The molecule has 1 fully saturated rings. The highest BCUT2D eigenvalue weighted by Crippen LogP contribution is 2.08. The Hall–Kier alpha value is 0.0169. The standard InChI is InChI=1S/C6H12O4.H4OSi/c7-6(8)1-2-9-3-5-4-10-5;1-2/h5-8H,1-4H2;1H,2H3. The van der Waals surface area contributed by atoms with Crippen LogP contribution in [0.4, 0.5) is 0 Å². The van der Waals surface area contributed by atoms with Crippen LogP contribution in [0, 0.1) is 0 Å². The fraction of sp³-hybridized carbons (Fsp3) is 1.00. The zero-order chi connectivity index (χ0) is 9.40. The second-order valence-electron chi connectivity index (χ2n) is 2.30. The van der Waals surface area contributed by atoms with Gasteiger partial charge in [-0.1, -0.05) is 0 Å². The van der Waals surface area contributed by atoms with E-state index in [1.807, 2.05) is 0 Å². The lowest BCUT2D eigenvalue weighted by Gasteiger charge is -2.02. The summed E-state index contributed by atoms with van der Waals surface area (Å²) in [6.07, 6.45) is -0.719. The fourth-order valence-electron chi connectivity index (χ4n) is 0.568. The maximum absolute atomic E-state index is 8.38. The largest absolute Gasteiger partial charge is 0.442 e. The molecule has 74 valence electrons. The molecule has 1 unspecified atom stereocenters. The molecule has 0 radical (unpaired) electrons. The molecule has 1 rings (SSSR count). The molecule has 0 saturated carbocycles. The number of hydrogen-bond acceptors (Lipinski definition) is 5. The molecule has 0 aromatic heterocycles. The van der Waals surface area contributed by atoms with Gasteiger partial charge >= 0.3 is 0 Å². The number of epoxide rings is 1. The van der Waals surface area contributed by atoms with Crippen LogP contribution in [0.1, 0.15) is 6.42 Å². The van der Waals surface area contributed by atoms with Crippen LogP contribution < -0.4 is 0 Å². The van der Waals surface area contributed by atoms with Crippen molar-refractivity contribution in [2.24, 2.45) is 0 Å². The minimum atomic E-state index is -1.25. The van der Waals surface area contributed by atoms with E-state index in [0.717, 1.165) is 6.61 Å². The SMILES string of the molecule is OC(O)CCOCC1CO1.O[SiH3]. The van der Waals surface area contributed by atoms with Crippen LogP contribution in [0.25, 0.3) is 0 Å². The first-order valence-electron chi connectivity index (χ1n) is 3.79. The topological polar surface area (TPSA) is 82.5 Å². The summed E-state index contributed by atoms with van der Waals surface area (Å²) in [6, 6.07) is 0. The van der Waals surface area contributed by atoms with Gasteiger partial charge in [0.15, 0.2) is 6.29 Å². The average molecular weight is 196 g/mol. The summed E-state index contributed by atoms with van der Waals surface area (Å²) in [5.41, 5.74) is 0. The molecule has 1 aliphatic rings. The van der Waals surface area contributed by atoms with E-state index in [1.165, 1.54) is 0 Å². The summed E-state index contributed by atoms with van der Waals surface area (Å²) in [7, 11) is 0.306. The van der Waals surface area contributed by atoms with Crippen molar-refractivity contribution in [3.8, 4) is 0 Å². The minimum absolute atomic E-state index is 0.260. The van der Waals surface area contributed by atoms with Crippen molar-refractivity contribution < 1.29 is 24.5 Å². The van der Waals surface area contributed by atoms with Gasteiger partial charge in [0.2, 0.25) is 0 Å². The number of rotatable bonds is 5. The highest BCUT2D eigenvalue weighted by Gasteiger charge is 2.22. The van der Waals surface area contributed by atoms with Crippen LogP contribution in [0.3, 0.4) is 0 Å². The molecule has 0 aromatic rings. The quantitative estimate of drug-likeness (QED) is 0.194. The first-order chi connectivity index (χ1) is 5.79. The smallest absolute Gasteiger partial charge is 0.153 e. The van der Waals surface area contributed by atoms with Crippen molar-refractivity contribution in [3.63, 3.8) is 0 Å². The Kier molecular flexibility index (Phi) is 7.67. The third-order valence-electron chi connectivity index (χ3n) is 1.23.